The van der Waals surface area contributed by atoms with E-state index in [0.29, 0.717) is 0 Å². The Morgan fingerprint density at radius 3 is 2.27 bits per heavy atom. The van der Waals surface area contributed by atoms with Crippen LogP contribution < -0.4 is 0 Å². The van der Waals surface area contributed by atoms with Crippen molar-refractivity contribution in [2.45, 2.75) is 6.50 Å². The number of rotatable bonds is 2. The molecule has 60 valence electrons. The monoisotopic (exact) mass is 157 g/mol. The molecule has 0 fully saturated rings. The molecule has 0 saturated carbocycles. The zero-order chi connectivity index (χ0) is 14.5. The van der Waals surface area contributed by atoms with Gasteiger partial charge in [0.25, 0.3) is 0 Å². The highest BCUT2D eigenvalue weighted by atomic mass is 15.3. The molecule has 0 atom stereocenters. The van der Waals surface area contributed by atoms with Gasteiger partial charge in [0.1, 0.15) is 6.50 Å². The Morgan fingerprint density at radius 1 is 1.27 bits per heavy atom. The van der Waals surface area contributed by atoms with Gasteiger partial charge in [-0.25, -0.2) is 0 Å². The van der Waals surface area contributed by atoms with Crippen LogP contribution in [0.3, 0.4) is 0 Å². The summed E-state index contributed by atoms with van der Waals surface area (Å²) >= 11 is 0. The van der Waals surface area contributed by atoms with E-state index in [4.69, 9.17) is 9.60 Å². The van der Waals surface area contributed by atoms with Crippen molar-refractivity contribution >= 4 is 0 Å². The number of hydrogen-bond donors (Lipinski definition) is 0. The van der Waals surface area contributed by atoms with Gasteiger partial charge in [0.05, 0.1) is 30.7 Å². The third-order valence-electron chi connectivity index (χ3n) is 0.947. The summed E-state index contributed by atoms with van der Waals surface area (Å²) in [6, 6.07) is -2.50. The first kappa shape index (κ1) is 2.91. The molecule has 0 N–H and O–H groups in total. The van der Waals surface area contributed by atoms with Crippen LogP contribution in [0.1, 0.15) is 15.2 Å². The Balaban J connectivity index is 3.72. The molecule has 1 nitrogen and oxygen atoms in total. The van der Waals surface area contributed by atoms with Crippen molar-refractivity contribution in [1.29, 1.82) is 0 Å². The minimum absolute atomic E-state index is 0.193. The Hall–Kier alpha value is -0.820. The Morgan fingerprint density at radius 2 is 1.82 bits per heavy atom. The Bertz CT molecular complexity index is 461. The van der Waals surface area contributed by atoms with E-state index in [-0.39, 0.29) is 10.0 Å². The first-order chi connectivity index (χ1) is 7.93. The average molecular weight is 157 g/mol. The predicted molar refractivity (Wildman–Crippen MR) is 48.2 cm³/mol. The first-order valence-corrected chi connectivity index (χ1v) is 3.32. The summed E-state index contributed by atoms with van der Waals surface area (Å²) in [6.45, 7) is -2.08. The lowest BCUT2D eigenvalue weighted by Gasteiger charge is -2.23. The van der Waals surface area contributed by atoms with Gasteiger partial charge >= 0.3 is 0 Å². The summed E-state index contributed by atoms with van der Waals surface area (Å²) < 4.78 is 53.9. The van der Waals surface area contributed by atoms with Crippen LogP contribution in [-0.4, -0.2) is 25.6 Å². The molecular formula is C10H16N+. The van der Waals surface area contributed by atoms with E-state index >= 15 is 0 Å². The van der Waals surface area contributed by atoms with E-state index in [9.17, 15) is 0 Å². The topological polar surface area (TPSA) is 0 Å². The number of nitrogens with zero attached hydrogens (tertiary/aromatic N) is 1. The highest BCUT2D eigenvalue weighted by molar-refractivity contribution is 5.13. The van der Waals surface area contributed by atoms with Crippen LogP contribution in [0.25, 0.3) is 0 Å². The van der Waals surface area contributed by atoms with Gasteiger partial charge in [-0.3, -0.25) is 0 Å². The van der Waals surface area contributed by atoms with E-state index in [0.717, 1.165) is 0 Å². The molecule has 0 aliphatic heterocycles. The second-order valence-electron chi connectivity index (χ2n) is 3.12. The molecule has 1 aromatic carbocycles. The minimum atomic E-state index is -2.08. The maximum absolute atomic E-state index is 8.04. The molecule has 0 aromatic heterocycles. The van der Waals surface area contributed by atoms with Crippen LogP contribution in [-0.2, 0) is 6.50 Å². The summed E-state index contributed by atoms with van der Waals surface area (Å²) in [7, 11) is 4.71. The van der Waals surface area contributed by atoms with E-state index in [2.05, 4.69) is 0 Å². The van der Waals surface area contributed by atoms with E-state index in [1.54, 1.807) is 21.1 Å². The molecule has 0 spiro atoms. The van der Waals surface area contributed by atoms with Crippen molar-refractivity contribution < 1.29 is 14.1 Å². The molecule has 0 aliphatic rings. The fraction of sp³-hybridized carbons (Fsp3) is 0.400. The zero-order valence-electron chi connectivity index (χ0n) is 13.9. The minimum Gasteiger partial charge on any atom is -0.327 e. The van der Waals surface area contributed by atoms with Crippen LogP contribution in [0.4, 0.5) is 0 Å². The first-order valence-electron chi connectivity index (χ1n) is 6.82. The highest BCUT2D eigenvalue weighted by Gasteiger charge is 2.06. The molecule has 0 unspecified atom stereocenters. The van der Waals surface area contributed by atoms with Crippen LogP contribution in [0.15, 0.2) is 30.2 Å². The fourth-order valence-electron chi connectivity index (χ4n) is 0.641. The molecule has 0 saturated heterocycles. The summed E-state index contributed by atoms with van der Waals surface area (Å²) in [5.74, 6) is 0. The van der Waals surface area contributed by atoms with Crippen molar-refractivity contribution in [2.75, 3.05) is 21.1 Å². The maximum Gasteiger partial charge on any atom is 0.104 e. The second-order valence-corrected chi connectivity index (χ2v) is 3.12. The average Bonchev–Trinajstić information content (AvgIpc) is 2.22. The lowest BCUT2D eigenvalue weighted by atomic mass is 10.2. The SMILES string of the molecule is [2H]c1c([2H])c([2H])c(C([2H])([2H])[N+](C)(C)C)c([2H])c1[2H]. The molecule has 11 heavy (non-hydrogen) atoms. The third kappa shape index (κ3) is 3.19. The number of quaternary nitrogens is 1. The van der Waals surface area contributed by atoms with Crippen LogP contribution in [0.5, 0.6) is 0 Å². The van der Waals surface area contributed by atoms with Gasteiger partial charge in [-0.05, 0) is 0 Å². The Kier molecular flexibility index (Phi) is 0.807. The maximum atomic E-state index is 8.04. The van der Waals surface area contributed by atoms with Crippen LogP contribution in [0.2, 0.25) is 0 Å². The smallest absolute Gasteiger partial charge is 0.104 e. The van der Waals surface area contributed by atoms with Crippen LogP contribution >= 0.6 is 0 Å². The summed E-state index contributed by atoms with van der Waals surface area (Å²) in [6.07, 6.45) is 0. The van der Waals surface area contributed by atoms with E-state index < -0.39 is 36.7 Å². The molecule has 1 rings (SSSR count). The standard InChI is InChI=1S/C10H16N/c1-11(2,3)9-10-7-5-4-6-8-10/h4-8H,9H2,1-3H3/q+1/i4D,5D,6D,7D,8D,9D2. The van der Waals surface area contributed by atoms with Crippen LogP contribution in [0, 0.1) is 0 Å². The van der Waals surface area contributed by atoms with Crippen molar-refractivity contribution in [3.63, 3.8) is 0 Å². The Labute approximate surface area is 78.7 Å². The molecule has 0 radical (unpaired) electrons. The second kappa shape index (κ2) is 3.05. The van der Waals surface area contributed by atoms with Gasteiger partial charge in [-0.1, -0.05) is 30.2 Å². The molecule has 1 heteroatoms. The molecule has 0 bridgehead atoms. The zero-order valence-corrected chi connectivity index (χ0v) is 6.95. The van der Waals surface area contributed by atoms with Gasteiger partial charge in [-0.2, -0.15) is 0 Å². The number of hydrogen-bond acceptors (Lipinski definition) is 0. The molecule has 0 aliphatic carbocycles. The molecule has 1 aromatic rings. The quantitative estimate of drug-likeness (QED) is 0.575. The van der Waals surface area contributed by atoms with Crippen molar-refractivity contribution in [3.05, 3.63) is 35.8 Å². The van der Waals surface area contributed by atoms with Crippen molar-refractivity contribution in [2.24, 2.45) is 0 Å². The van der Waals surface area contributed by atoms with Gasteiger partial charge in [0.2, 0.25) is 0 Å². The largest absolute Gasteiger partial charge is 0.327 e. The predicted octanol–water partition coefficient (Wildman–Crippen LogP) is 1.89. The fourth-order valence-corrected chi connectivity index (χ4v) is 0.641. The number of benzene rings is 1. The highest BCUT2D eigenvalue weighted by Crippen LogP contribution is 2.04. The van der Waals surface area contributed by atoms with Crippen molar-refractivity contribution in [1.82, 2.24) is 0 Å². The van der Waals surface area contributed by atoms with E-state index in [1.165, 1.54) is 0 Å². The normalized spacial score (nSPS) is 21.9. The van der Waals surface area contributed by atoms with Gasteiger partial charge in [-0.15, -0.1) is 0 Å². The van der Waals surface area contributed by atoms with E-state index in [1.807, 2.05) is 0 Å². The van der Waals surface area contributed by atoms with Gasteiger partial charge in [0.15, 0.2) is 0 Å². The lowest BCUT2D eigenvalue weighted by Crippen LogP contribution is -2.33. The third-order valence-corrected chi connectivity index (χ3v) is 0.947. The lowest BCUT2D eigenvalue weighted by molar-refractivity contribution is -0.884. The van der Waals surface area contributed by atoms with Gasteiger partial charge in [0, 0.05) is 5.56 Å². The molecule has 0 amide bonds. The van der Waals surface area contributed by atoms with Gasteiger partial charge < -0.3 is 4.48 Å². The summed E-state index contributed by atoms with van der Waals surface area (Å²) in [4.78, 5) is 0. The summed E-state index contributed by atoms with van der Waals surface area (Å²) in [5, 5.41) is 0. The van der Waals surface area contributed by atoms with Crippen molar-refractivity contribution in [3.8, 4) is 0 Å². The molecule has 0 heterocycles. The molecular weight excluding hydrogens is 134 g/mol. The summed E-state index contributed by atoms with van der Waals surface area (Å²) in [5.41, 5.74) is -0.305.